The van der Waals surface area contributed by atoms with Crippen molar-refractivity contribution in [3.8, 4) is 0 Å². The lowest BCUT2D eigenvalue weighted by atomic mass is 10.3. The molecule has 5 nitrogen and oxygen atoms in total. The number of hydrogen-bond acceptors (Lipinski definition) is 5. The van der Waals surface area contributed by atoms with Crippen molar-refractivity contribution in [3.63, 3.8) is 0 Å². The van der Waals surface area contributed by atoms with E-state index in [9.17, 15) is 18.0 Å². The van der Waals surface area contributed by atoms with Crippen molar-refractivity contribution in [1.29, 1.82) is 0 Å². The monoisotopic (exact) mass is 194 g/mol. The van der Waals surface area contributed by atoms with E-state index in [2.05, 4.69) is 4.74 Å². The minimum atomic E-state index is -3.33. The highest BCUT2D eigenvalue weighted by Gasteiger charge is 2.14. The molecule has 70 valence electrons. The first-order valence-corrected chi connectivity index (χ1v) is 5.17. The molecule has 0 heterocycles. The molecule has 0 fully saturated rings. The van der Waals surface area contributed by atoms with Crippen molar-refractivity contribution in [2.24, 2.45) is 0 Å². The van der Waals surface area contributed by atoms with Crippen LogP contribution in [0.5, 0.6) is 0 Å². The van der Waals surface area contributed by atoms with Gasteiger partial charge < -0.3 is 4.74 Å². The molecule has 0 aliphatic carbocycles. The summed E-state index contributed by atoms with van der Waals surface area (Å²) in [4.78, 5) is 21.2. The van der Waals surface area contributed by atoms with Gasteiger partial charge in [-0.1, -0.05) is 0 Å². The lowest BCUT2D eigenvalue weighted by Gasteiger charge is -1.97. The van der Waals surface area contributed by atoms with E-state index in [-0.39, 0.29) is 0 Å². The van der Waals surface area contributed by atoms with Gasteiger partial charge in [0.25, 0.3) is 0 Å². The van der Waals surface area contributed by atoms with Crippen LogP contribution in [0.1, 0.15) is 6.42 Å². The molecule has 0 rings (SSSR count). The zero-order valence-corrected chi connectivity index (χ0v) is 7.68. The number of rotatable bonds is 4. The predicted octanol–water partition coefficient (Wildman–Crippen LogP) is -0.837. The van der Waals surface area contributed by atoms with Crippen LogP contribution in [-0.4, -0.2) is 39.3 Å². The number of Topliss-reactive ketones (excluding diaryl/α,β-unsaturated/α-hetero) is 1. The highest BCUT2D eigenvalue weighted by atomic mass is 32.2. The fourth-order valence-electron chi connectivity index (χ4n) is 0.577. The maximum atomic E-state index is 10.7. The summed E-state index contributed by atoms with van der Waals surface area (Å²) < 4.78 is 25.3. The molecule has 0 spiro atoms. The van der Waals surface area contributed by atoms with Crippen molar-refractivity contribution in [2.45, 2.75) is 6.42 Å². The average Bonchev–Trinajstić information content (AvgIpc) is 1.82. The van der Waals surface area contributed by atoms with Gasteiger partial charge in [0.15, 0.2) is 15.6 Å². The predicted molar refractivity (Wildman–Crippen MR) is 41.4 cm³/mol. The third kappa shape index (κ3) is 5.84. The second-order valence-corrected chi connectivity index (χ2v) is 4.50. The van der Waals surface area contributed by atoms with Gasteiger partial charge in [0.1, 0.15) is 12.2 Å². The number of ether oxygens (including phenoxy) is 1. The van der Waals surface area contributed by atoms with Gasteiger partial charge in [-0.15, -0.1) is 0 Å². The lowest BCUT2D eigenvalue weighted by molar-refractivity contribution is -0.142. The molecule has 0 saturated heterocycles. The van der Waals surface area contributed by atoms with Crippen LogP contribution in [0.3, 0.4) is 0 Å². The molecular formula is C6H10O5S. The van der Waals surface area contributed by atoms with E-state index in [0.717, 1.165) is 13.4 Å². The quantitative estimate of drug-likeness (QED) is 0.431. The zero-order valence-electron chi connectivity index (χ0n) is 6.86. The standard InChI is InChI=1S/C6H10O5S/c1-11-6(8)3-5(7)4-12(2,9)10/h3-4H2,1-2H3. The third-order valence-corrected chi connectivity index (χ3v) is 1.84. The molecule has 12 heavy (non-hydrogen) atoms. The van der Waals surface area contributed by atoms with Crippen LogP contribution in [-0.2, 0) is 24.2 Å². The third-order valence-electron chi connectivity index (χ3n) is 0.992. The van der Waals surface area contributed by atoms with Gasteiger partial charge >= 0.3 is 5.97 Å². The first kappa shape index (κ1) is 11.1. The van der Waals surface area contributed by atoms with Crippen molar-refractivity contribution in [1.82, 2.24) is 0 Å². The Bertz CT molecular complexity index is 276. The van der Waals surface area contributed by atoms with E-state index in [1.54, 1.807) is 0 Å². The molecule has 0 bridgehead atoms. The smallest absolute Gasteiger partial charge is 0.313 e. The maximum Gasteiger partial charge on any atom is 0.313 e. The van der Waals surface area contributed by atoms with Gasteiger partial charge in [-0.3, -0.25) is 9.59 Å². The average molecular weight is 194 g/mol. The summed E-state index contributed by atoms with van der Waals surface area (Å²) in [7, 11) is -2.20. The number of methoxy groups -OCH3 is 1. The molecule has 0 aliphatic heterocycles. The van der Waals surface area contributed by atoms with E-state index in [4.69, 9.17) is 0 Å². The van der Waals surface area contributed by atoms with Crippen molar-refractivity contribution in [2.75, 3.05) is 19.1 Å². The Kier molecular flexibility index (Phi) is 3.88. The fourth-order valence-corrected chi connectivity index (χ4v) is 1.26. The Balaban J connectivity index is 4.00. The van der Waals surface area contributed by atoms with Gasteiger partial charge in [0, 0.05) is 6.26 Å². The van der Waals surface area contributed by atoms with Crippen molar-refractivity contribution < 1.29 is 22.7 Å². The summed E-state index contributed by atoms with van der Waals surface area (Å²) in [5.74, 6) is -1.98. The van der Waals surface area contributed by atoms with Crippen LogP contribution < -0.4 is 0 Å². The number of hydrogen-bond donors (Lipinski definition) is 0. The van der Waals surface area contributed by atoms with Crippen LogP contribution in [0.15, 0.2) is 0 Å². The molecule has 0 aromatic carbocycles. The van der Waals surface area contributed by atoms with Crippen molar-refractivity contribution >= 4 is 21.6 Å². The van der Waals surface area contributed by atoms with Crippen LogP contribution in [0.25, 0.3) is 0 Å². The van der Waals surface area contributed by atoms with E-state index in [0.29, 0.717) is 0 Å². The molecular weight excluding hydrogens is 184 g/mol. The van der Waals surface area contributed by atoms with E-state index >= 15 is 0 Å². The van der Waals surface area contributed by atoms with Crippen molar-refractivity contribution in [3.05, 3.63) is 0 Å². The van der Waals surface area contributed by atoms with Crippen LogP contribution in [0, 0.1) is 0 Å². The Morgan fingerprint density at radius 3 is 2.17 bits per heavy atom. The SMILES string of the molecule is COC(=O)CC(=O)CS(C)(=O)=O. The minimum Gasteiger partial charge on any atom is -0.469 e. The molecule has 0 unspecified atom stereocenters. The first-order chi connectivity index (χ1) is 5.35. The van der Waals surface area contributed by atoms with Crippen LogP contribution >= 0.6 is 0 Å². The number of ketones is 1. The second kappa shape index (κ2) is 4.20. The molecule has 0 amide bonds. The van der Waals surface area contributed by atoms with Crippen LogP contribution in [0.2, 0.25) is 0 Å². The number of carbonyl (C=O) groups excluding carboxylic acids is 2. The summed E-state index contributed by atoms with van der Waals surface area (Å²) in [6.07, 6.45) is 0.450. The lowest BCUT2D eigenvalue weighted by Crippen LogP contribution is -2.18. The molecule has 0 aliphatic rings. The molecule has 0 aromatic heterocycles. The molecule has 0 aromatic rings. The van der Waals surface area contributed by atoms with Gasteiger partial charge in [-0.25, -0.2) is 8.42 Å². The Labute approximate surface area is 70.6 Å². The summed E-state index contributed by atoms with van der Waals surface area (Å²) in [6.45, 7) is 0. The summed E-state index contributed by atoms with van der Waals surface area (Å²) in [6, 6.07) is 0. The summed E-state index contributed by atoms with van der Waals surface area (Å²) in [5, 5.41) is 0. The maximum absolute atomic E-state index is 10.7. The largest absolute Gasteiger partial charge is 0.469 e. The highest BCUT2D eigenvalue weighted by molar-refractivity contribution is 7.91. The molecule has 0 atom stereocenters. The second-order valence-electron chi connectivity index (χ2n) is 2.36. The Morgan fingerprint density at radius 1 is 1.33 bits per heavy atom. The van der Waals surface area contributed by atoms with E-state index < -0.39 is 33.8 Å². The van der Waals surface area contributed by atoms with Crippen LogP contribution in [0.4, 0.5) is 0 Å². The van der Waals surface area contributed by atoms with Gasteiger partial charge in [0.2, 0.25) is 0 Å². The molecule has 6 heteroatoms. The topological polar surface area (TPSA) is 77.5 Å². The fraction of sp³-hybridized carbons (Fsp3) is 0.667. The molecule has 0 radical (unpaired) electrons. The molecule has 0 saturated carbocycles. The summed E-state index contributed by atoms with van der Waals surface area (Å²) >= 11 is 0. The number of carbonyl (C=O) groups is 2. The first-order valence-electron chi connectivity index (χ1n) is 3.11. The highest BCUT2D eigenvalue weighted by Crippen LogP contribution is 1.91. The molecule has 0 N–H and O–H groups in total. The Morgan fingerprint density at radius 2 is 1.83 bits per heavy atom. The minimum absolute atomic E-state index is 0.483. The van der Waals surface area contributed by atoms with Gasteiger partial charge in [-0.2, -0.15) is 0 Å². The van der Waals surface area contributed by atoms with E-state index in [1.165, 1.54) is 0 Å². The number of esters is 1. The normalized spacial score (nSPS) is 10.8. The van der Waals surface area contributed by atoms with Gasteiger partial charge in [0.05, 0.1) is 7.11 Å². The summed E-state index contributed by atoms with van der Waals surface area (Å²) in [5.41, 5.74) is 0. The Hall–Kier alpha value is -0.910. The number of sulfone groups is 1. The van der Waals surface area contributed by atoms with Gasteiger partial charge in [-0.05, 0) is 0 Å². The van der Waals surface area contributed by atoms with E-state index in [1.807, 2.05) is 0 Å². The zero-order chi connectivity index (χ0) is 9.78.